The van der Waals surface area contributed by atoms with E-state index in [9.17, 15) is 9.59 Å². The largest absolute Gasteiger partial charge is 0.480 e. The summed E-state index contributed by atoms with van der Waals surface area (Å²) in [6, 6.07) is 0.963. The summed E-state index contributed by atoms with van der Waals surface area (Å²) in [7, 11) is 0. The number of nitrogens with one attached hydrogen (secondary N) is 1. The lowest BCUT2D eigenvalue weighted by Gasteiger charge is -2.12. The van der Waals surface area contributed by atoms with Gasteiger partial charge in [-0.3, -0.25) is 4.79 Å². The van der Waals surface area contributed by atoms with Crippen molar-refractivity contribution in [2.24, 2.45) is 0 Å². The van der Waals surface area contributed by atoms with Gasteiger partial charge >= 0.3 is 5.97 Å². The summed E-state index contributed by atoms with van der Waals surface area (Å²) >= 11 is 0. The van der Waals surface area contributed by atoms with E-state index < -0.39 is 12.0 Å². The Kier molecular flexibility index (Phi) is 4.53. The summed E-state index contributed by atoms with van der Waals surface area (Å²) in [5, 5.41) is 11.5. The van der Waals surface area contributed by atoms with Gasteiger partial charge in [-0.2, -0.15) is 0 Å². The molecular weight excluding hydrogens is 232 g/mol. The maximum Gasteiger partial charge on any atom is 0.326 e. The minimum Gasteiger partial charge on any atom is -0.480 e. The van der Waals surface area contributed by atoms with Crippen LogP contribution in [0, 0.1) is 13.8 Å². The van der Waals surface area contributed by atoms with E-state index in [0.29, 0.717) is 12.0 Å². The molecule has 2 N–H and O–H groups in total. The minimum absolute atomic E-state index is 0.322. The number of hydrogen-bond donors (Lipinski definition) is 2. The molecule has 1 heterocycles. The first-order valence-electron chi connectivity index (χ1n) is 6.12. The van der Waals surface area contributed by atoms with Gasteiger partial charge in [0.1, 0.15) is 6.04 Å². The Morgan fingerprint density at radius 1 is 1.39 bits per heavy atom. The molecular formula is C13H20N2O3. The van der Waals surface area contributed by atoms with E-state index in [1.807, 2.05) is 25.3 Å². The number of aromatic nitrogens is 1. The highest BCUT2D eigenvalue weighted by Gasteiger charge is 2.21. The summed E-state index contributed by atoms with van der Waals surface area (Å²) < 4.78 is 2.02. The molecule has 1 aromatic rings. The zero-order valence-corrected chi connectivity index (χ0v) is 11.3. The monoisotopic (exact) mass is 252 g/mol. The van der Waals surface area contributed by atoms with Crippen molar-refractivity contribution in [3.05, 3.63) is 23.0 Å². The fraction of sp³-hybridized carbons (Fsp3) is 0.538. The highest BCUT2D eigenvalue weighted by Crippen LogP contribution is 2.15. The zero-order chi connectivity index (χ0) is 13.9. The number of aliphatic carboxylic acids is 1. The maximum absolute atomic E-state index is 12.0. The smallest absolute Gasteiger partial charge is 0.326 e. The first-order chi connectivity index (χ1) is 8.42. The average molecular weight is 252 g/mol. The summed E-state index contributed by atoms with van der Waals surface area (Å²) in [6.45, 7) is 8.33. The standard InChI is InChI=1S/C13H20N2O3/c1-5-11(13(17)18)14-12(16)10-7-8(3)15(6-2)9(10)4/h7,11H,5-6H2,1-4H3,(H,14,16)(H,17,18). The molecule has 5 heteroatoms. The average Bonchev–Trinajstić information content (AvgIpc) is 2.60. The van der Waals surface area contributed by atoms with Crippen molar-refractivity contribution in [3.8, 4) is 0 Å². The lowest BCUT2D eigenvalue weighted by Crippen LogP contribution is -2.40. The Morgan fingerprint density at radius 2 is 2.00 bits per heavy atom. The van der Waals surface area contributed by atoms with Crippen LogP contribution in [-0.4, -0.2) is 27.6 Å². The summed E-state index contributed by atoms with van der Waals surface area (Å²) in [6.07, 6.45) is 0.369. The molecule has 0 fully saturated rings. The van der Waals surface area contributed by atoms with Crippen LogP contribution in [0.1, 0.15) is 42.0 Å². The highest BCUT2D eigenvalue weighted by atomic mass is 16.4. The van der Waals surface area contributed by atoms with Gasteiger partial charge < -0.3 is 15.0 Å². The van der Waals surface area contributed by atoms with Gasteiger partial charge in [0, 0.05) is 17.9 Å². The third-order valence-electron chi connectivity index (χ3n) is 3.15. The third kappa shape index (κ3) is 2.72. The van der Waals surface area contributed by atoms with E-state index in [1.54, 1.807) is 13.0 Å². The van der Waals surface area contributed by atoms with Crippen LogP contribution in [0.2, 0.25) is 0 Å². The second-order valence-electron chi connectivity index (χ2n) is 4.30. The molecule has 0 aliphatic heterocycles. The van der Waals surface area contributed by atoms with Gasteiger partial charge in [0.25, 0.3) is 5.91 Å². The molecule has 1 unspecified atom stereocenters. The fourth-order valence-electron chi connectivity index (χ4n) is 2.09. The summed E-state index contributed by atoms with van der Waals surface area (Å²) in [4.78, 5) is 22.9. The number of amides is 1. The number of carboxylic acids is 1. The number of carbonyl (C=O) groups excluding carboxylic acids is 1. The molecule has 0 aliphatic rings. The van der Waals surface area contributed by atoms with E-state index in [-0.39, 0.29) is 5.91 Å². The first kappa shape index (κ1) is 14.3. The van der Waals surface area contributed by atoms with Crippen molar-refractivity contribution in [2.45, 2.75) is 46.7 Å². The molecule has 0 saturated heterocycles. The van der Waals surface area contributed by atoms with E-state index in [2.05, 4.69) is 5.32 Å². The fourth-order valence-corrected chi connectivity index (χ4v) is 2.09. The molecule has 1 aromatic heterocycles. The van der Waals surface area contributed by atoms with E-state index in [1.165, 1.54) is 0 Å². The Balaban J connectivity index is 2.94. The molecule has 0 spiro atoms. The number of carboxylic acid groups (broad SMARTS) is 1. The van der Waals surface area contributed by atoms with Crippen LogP contribution in [0.4, 0.5) is 0 Å². The number of rotatable bonds is 5. The van der Waals surface area contributed by atoms with Crippen LogP contribution in [0.25, 0.3) is 0 Å². The Morgan fingerprint density at radius 3 is 2.39 bits per heavy atom. The van der Waals surface area contributed by atoms with Gasteiger partial charge in [-0.25, -0.2) is 4.79 Å². The first-order valence-corrected chi connectivity index (χ1v) is 6.12. The molecule has 0 aliphatic carbocycles. The van der Waals surface area contributed by atoms with Crippen LogP contribution >= 0.6 is 0 Å². The summed E-state index contributed by atoms with van der Waals surface area (Å²) in [5.74, 6) is -1.33. The molecule has 0 saturated carbocycles. The van der Waals surface area contributed by atoms with E-state index >= 15 is 0 Å². The predicted octanol–water partition coefficient (Wildman–Crippen LogP) is 1.72. The molecule has 0 aromatic carbocycles. The van der Waals surface area contributed by atoms with Crippen LogP contribution in [0.3, 0.4) is 0 Å². The number of nitrogens with zero attached hydrogens (tertiary/aromatic N) is 1. The van der Waals surface area contributed by atoms with E-state index in [0.717, 1.165) is 17.9 Å². The summed E-state index contributed by atoms with van der Waals surface area (Å²) in [5.41, 5.74) is 2.42. The van der Waals surface area contributed by atoms with Crippen molar-refractivity contribution in [1.29, 1.82) is 0 Å². The second-order valence-corrected chi connectivity index (χ2v) is 4.30. The molecule has 0 radical (unpaired) electrons. The zero-order valence-electron chi connectivity index (χ0n) is 11.3. The number of carbonyl (C=O) groups is 2. The van der Waals surface area contributed by atoms with Gasteiger partial charge in [0.2, 0.25) is 0 Å². The minimum atomic E-state index is -1.00. The highest BCUT2D eigenvalue weighted by molar-refractivity contribution is 5.97. The lowest BCUT2D eigenvalue weighted by molar-refractivity contribution is -0.139. The van der Waals surface area contributed by atoms with Gasteiger partial charge in [0.05, 0.1) is 5.56 Å². The van der Waals surface area contributed by atoms with Crippen LogP contribution < -0.4 is 5.32 Å². The van der Waals surface area contributed by atoms with Crippen LogP contribution in [0.5, 0.6) is 0 Å². The second kappa shape index (κ2) is 5.71. The lowest BCUT2D eigenvalue weighted by atomic mass is 10.2. The van der Waals surface area contributed by atoms with Crippen LogP contribution in [0.15, 0.2) is 6.07 Å². The van der Waals surface area contributed by atoms with Crippen molar-refractivity contribution in [3.63, 3.8) is 0 Å². The Hall–Kier alpha value is -1.78. The quantitative estimate of drug-likeness (QED) is 0.838. The van der Waals surface area contributed by atoms with Gasteiger partial charge in [-0.05, 0) is 33.3 Å². The molecule has 1 amide bonds. The third-order valence-corrected chi connectivity index (χ3v) is 3.15. The molecule has 18 heavy (non-hydrogen) atoms. The normalized spacial score (nSPS) is 12.2. The van der Waals surface area contributed by atoms with Gasteiger partial charge in [-0.15, -0.1) is 0 Å². The molecule has 1 rings (SSSR count). The maximum atomic E-state index is 12.0. The molecule has 5 nitrogen and oxygen atoms in total. The van der Waals surface area contributed by atoms with E-state index in [4.69, 9.17) is 5.11 Å². The molecule has 100 valence electrons. The SMILES string of the molecule is CCC(NC(=O)c1cc(C)n(CC)c1C)C(=O)O. The van der Waals surface area contributed by atoms with Crippen molar-refractivity contribution in [2.75, 3.05) is 0 Å². The van der Waals surface area contributed by atoms with Gasteiger partial charge in [0.15, 0.2) is 0 Å². The predicted molar refractivity (Wildman–Crippen MR) is 68.8 cm³/mol. The Bertz CT molecular complexity index is 463. The van der Waals surface area contributed by atoms with Gasteiger partial charge in [-0.1, -0.05) is 6.92 Å². The molecule has 0 bridgehead atoms. The van der Waals surface area contributed by atoms with Crippen molar-refractivity contribution >= 4 is 11.9 Å². The van der Waals surface area contributed by atoms with Crippen molar-refractivity contribution in [1.82, 2.24) is 9.88 Å². The topological polar surface area (TPSA) is 71.3 Å². The number of aryl methyl sites for hydroxylation is 1. The number of hydrogen-bond acceptors (Lipinski definition) is 2. The van der Waals surface area contributed by atoms with Crippen molar-refractivity contribution < 1.29 is 14.7 Å². The Labute approximate surface area is 107 Å². The molecule has 1 atom stereocenters. The van der Waals surface area contributed by atoms with Crippen LogP contribution in [-0.2, 0) is 11.3 Å².